The Morgan fingerprint density at radius 2 is 1.89 bits per heavy atom. The van der Waals surface area contributed by atoms with Crippen LogP contribution in [0, 0.1) is 0 Å². The fourth-order valence-electron chi connectivity index (χ4n) is 1.35. The fraction of sp³-hybridized carbons (Fsp3) is 0. The van der Waals surface area contributed by atoms with E-state index in [9.17, 15) is 9.59 Å². The smallest absolute Gasteiger partial charge is 0.269 e. The van der Waals surface area contributed by atoms with Crippen molar-refractivity contribution in [1.29, 1.82) is 0 Å². The summed E-state index contributed by atoms with van der Waals surface area (Å²) in [6.45, 7) is 0. The van der Waals surface area contributed by atoms with Gasteiger partial charge in [-0.2, -0.15) is 0 Å². The summed E-state index contributed by atoms with van der Waals surface area (Å²) in [7, 11) is 0. The first-order chi connectivity index (χ1) is 8.77. The number of hydrogen-bond acceptors (Lipinski definition) is 4. The molecular weight excluding hydrogens is 230 g/mol. The van der Waals surface area contributed by atoms with Gasteiger partial charge in [0.25, 0.3) is 5.91 Å². The van der Waals surface area contributed by atoms with E-state index in [1.807, 2.05) is 0 Å². The number of amides is 1. The fourth-order valence-corrected chi connectivity index (χ4v) is 1.35. The molecule has 5 nitrogen and oxygen atoms in total. The molecule has 0 unspecified atom stereocenters. The van der Waals surface area contributed by atoms with E-state index in [0.717, 1.165) is 0 Å². The van der Waals surface area contributed by atoms with E-state index in [-0.39, 0.29) is 11.7 Å². The van der Waals surface area contributed by atoms with Gasteiger partial charge in [0.05, 0.1) is 0 Å². The van der Waals surface area contributed by atoms with Gasteiger partial charge in [0.2, 0.25) is 0 Å². The minimum absolute atomic E-state index is 0.108. The van der Waals surface area contributed by atoms with Crippen LogP contribution in [0.3, 0.4) is 0 Å². The van der Waals surface area contributed by atoms with Crippen LogP contribution in [0.25, 0.3) is 0 Å². The first kappa shape index (κ1) is 11.8. The molecule has 0 fully saturated rings. The molecule has 1 aromatic heterocycles. The molecule has 0 saturated carbocycles. The van der Waals surface area contributed by atoms with Crippen molar-refractivity contribution in [3.8, 4) is 0 Å². The molecule has 1 aliphatic carbocycles. The number of carbonyl (C=O) groups is 2. The molecule has 90 valence electrons. The molecular formula is C13H11N3O2. The van der Waals surface area contributed by atoms with Crippen LogP contribution in [0.2, 0.25) is 0 Å². The van der Waals surface area contributed by atoms with E-state index >= 15 is 0 Å². The van der Waals surface area contributed by atoms with Gasteiger partial charge in [0.15, 0.2) is 5.78 Å². The van der Waals surface area contributed by atoms with Crippen molar-refractivity contribution >= 4 is 11.7 Å². The minimum Gasteiger partial charge on any atom is -0.305 e. The molecule has 1 aromatic rings. The van der Waals surface area contributed by atoms with Crippen LogP contribution in [0.5, 0.6) is 0 Å². The van der Waals surface area contributed by atoms with Crippen LogP contribution in [-0.4, -0.2) is 16.7 Å². The Labute approximate surface area is 104 Å². The molecule has 18 heavy (non-hydrogen) atoms. The highest BCUT2D eigenvalue weighted by molar-refractivity contribution is 6.07. The molecule has 2 rings (SSSR count). The zero-order chi connectivity index (χ0) is 12.8. The summed E-state index contributed by atoms with van der Waals surface area (Å²) in [5.41, 5.74) is 6.03. The van der Waals surface area contributed by atoms with E-state index in [1.165, 1.54) is 24.7 Å². The van der Waals surface area contributed by atoms with Gasteiger partial charge in [0, 0.05) is 29.7 Å². The van der Waals surface area contributed by atoms with Gasteiger partial charge in [0.1, 0.15) is 0 Å². The predicted octanol–water partition coefficient (Wildman–Crippen LogP) is 0.895. The van der Waals surface area contributed by atoms with Crippen molar-refractivity contribution in [3.05, 3.63) is 66.2 Å². The number of hydrogen-bond donors (Lipinski definition) is 2. The molecule has 0 saturated heterocycles. The van der Waals surface area contributed by atoms with Crippen LogP contribution < -0.4 is 10.9 Å². The lowest BCUT2D eigenvalue weighted by molar-refractivity contribution is -0.111. The Balaban J connectivity index is 1.91. The Bertz CT molecular complexity index is 545. The van der Waals surface area contributed by atoms with E-state index in [0.29, 0.717) is 11.1 Å². The summed E-state index contributed by atoms with van der Waals surface area (Å²) in [4.78, 5) is 26.8. The molecule has 0 aromatic carbocycles. The second kappa shape index (κ2) is 5.58. The summed E-state index contributed by atoms with van der Waals surface area (Å²) in [6.07, 6.45) is 11.0. The summed E-state index contributed by atoms with van der Waals surface area (Å²) in [5.74, 6) is -0.403. The number of allylic oxidation sites excluding steroid dienone is 5. The van der Waals surface area contributed by atoms with Crippen LogP contribution in [0.1, 0.15) is 10.4 Å². The number of rotatable bonds is 3. The Morgan fingerprint density at radius 1 is 1.17 bits per heavy atom. The zero-order valence-corrected chi connectivity index (χ0v) is 9.46. The van der Waals surface area contributed by atoms with Crippen molar-refractivity contribution in [1.82, 2.24) is 15.8 Å². The second-order valence-electron chi connectivity index (χ2n) is 3.52. The molecule has 0 spiro atoms. The first-order valence-electron chi connectivity index (χ1n) is 5.32. The van der Waals surface area contributed by atoms with Crippen LogP contribution >= 0.6 is 0 Å². The van der Waals surface area contributed by atoms with E-state index < -0.39 is 0 Å². The molecule has 0 bridgehead atoms. The summed E-state index contributed by atoms with van der Waals surface area (Å²) >= 11 is 0. The number of nitrogens with zero attached hydrogens (tertiary/aromatic N) is 1. The van der Waals surface area contributed by atoms with E-state index in [4.69, 9.17) is 0 Å². The predicted molar refractivity (Wildman–Crippen MR) is 66.2 cm³/mol. The average molecular weight is 241 g/mol. The second-order valence-corrected chi connectivity index (χ2v) is 3.52. The highest BCUT2D eigenvalue weighted by Gasteiger charge is 2.06. The summed E-state index contributed by atoms with van der Waals surface area (Å²) in [5, 5.41) is 0. The van der Waals surface area contributed by atoms with Crippen molar-refractivity contribution in [2.75, 3.05) is 0 Å². The first-order valence-corrected chi connectivity index (χ1v) is 5.32. The average Bonchev–Trinajstić information content (AvgIpc) is 2.42. The third-order valence-corrected chi connectivity index (χ3v) is 2.27. The topological polar surface area (TPSA) is 71.1 Å². The van der Waals surface area contributed by atoms with Gasteiger partial charge in [-0.25, -0.2) is 0 Å². The number of pyridine rings is 1. The lowest BCUT2D eigenvalue weighted by Crippen LogP contribution is -2.34. The van der Waals surface area contributed by atoms with Gasteiger partial charge in [-0.1, -0.05) is 12.2 Å². The van der Waals surface area contributed by atoms with Gasteiger partial charge in [-0.3, -0.25) is 20.0 Å². The number of nitrogens with one attached hydrogen (secondary N) is 2. The van der Waals surface area contributed by atoms with Crippen molar-refractivity contribution in [3.63, 3.8) is 0 Å². The molecule has 1 amide bonds. The molecule has 1 aliphatic rings. The number of aromatic nitrogens is 1. The molecule has 0 aliphatic heterocycles. The number of hydrazine groups is 1. The van der Waals surface area contributed by atoms with Crippen LogP contribution in [0.15, 0.2) is 60.6 Å². The maximum Gasteiger partial charge on any atom is 0.269 e. The van der Waals surface area contributed by atoms with Crippen LogP contribution in [0.4, 0.5) is 0 Å². The molecule has 0 radical (unpaired) electrons. The standard InChI is InChI=1S/C13H11N3O2/c17-12-4-2-1-3-11(12)9-15-16-13(18)10-5-7-14-8-6-10/h1-9,15H,(H,16,18)/b11-9+. The largest absolute Gasteiger partial charge is 0.305 e. The number of carbonyl (C=O) groups excluding carboxylic acids is 2. The Morgan fingerprint density at radius 3 is 2.61 bits per heavy atom. The van der Waals surface area contributed by atoms with Crippen molar-refractivity contribution in [2.45, 2.75) is 0 Å². The summed E-state index contributed by atoms with van der Waals surface area (Å²) < 4.78 is 0. The Kier molecular flexibility index (Phi) is 3.66. The molecule has 0 atom stereocenters. The lowest BCUT2D eigenvalue weighted by atomic mass is 10.1. The van der Waals surface area contributed by atoms with Crippen LogP contribution in [-0.2, 0) is 4.79 Å². The molecule has 2 N–H and O–H groups in total. The van der Waals surface area contributed by atoms with Gasteiger partial charge >= 0.3 is 0 Å². The highest BCUT2D eigenvalue weighted by atomic mass is 16.2. The SMILES string of the molecule is O=C1C=CC=C/C1=C\NNC(=O)c1ccncc1. The summed E-state index contributed by atoms with van der Waals surface area (Å²) in [6, 6.07) is 3.19. The maximum atomic E-state index is 11.6. The Hall–Kier alpha value is -2.69. The third-order valence-electron chi connectivity index (χ3n) is 2.27. The molecule has 1 heterocycles. The lowest BCUT2D eigenvalue weighted by Gasteiger charge is -2.06. The normalized spacial score (nSPS) is 15.8. The molecule has 5 heteroatoms. The quantitative estimate of drug-likeness (QED) is 0.609. The minimum atomic E-state index is -0.294. The third kappa shape index (κ3) is 2.91. The van der Waals surface area contributed by atoms with Gasteiger partial charge < -0.3 is 5.43 Å². The van der Waals surface area contributed by atoms with Gasteiger partial charge in [-0.15, -0.1) is 0 Å². The maximum absolute atomic E-state index is 11.6. The van der Waals surface area contributed by atoms with Crippen molar-refractivity contribution < 1.29 is 9.59 Å². The number of ketones is 1. The van der Waals surface area contributed by atoms with E-state index in [2.05, 4.69) is 15.8 Å². The van der Waals surface area contributed by atoms with Crippen molar-refractivity contribution in [2.24, 2.45) is 0 Å². The highest BCUT2D eigenvalue weighted by Crippen LogP contribution is 2.04. The monoisotopic (exact) mass is 241 g/mol. The van der Waals surface area contributed by atoms with Gasteiger partial charge in [-0.05, 0) is 24.3 Å². The van der Waals surface area contributed by atoms with E-state index in [1.54, 1.807) is 30.4 Å². The zero-order valence-electron chi connectivity index (χ0n) is 9.46.